The normalized spacial score (nSPS) is 18.2. The molecule has 1 amide bonds. The van der Waals surface area contributed by atoms with E-state index in [9.17, 15) is 4.79 Å². The van der Waals surface area contributed by atoms with E-state index in [4.69, 9.17) is 4.74 Å². The van der Waals surface area contributed by atoms with Crippen LogP contribution in [0.5, 0.6) is 5.75 Å². The van der Waals surface area contributed by atoms with E-state index in [1.54, 1.807) is 6.20 Å². The molecule has 1 fully saturated rings. The maximum Gasteiger partial charge on any atom is 0.255 e. The Hall–Kier alpha value is -3.35. The van der Waals surface area contributed by atoms with Crippen LogP contribution in [0.3, 0.4) is 0 Å². The number of hydrogen-bond donors (Lipinski definition) is 2. The first-order chi connectivity index (χ1) is 15.5. The Morgan fingerprint density at radius 1 is 1.06 bits per heavy atom. The van der Waals surface area contributed by atoms with Crippen LogP contribution in [0.15, 0.2) is 48.7 Å². The fourth-order valence-electron chi connectivity index (χ4n) is 4.25. The van der Waals surface area contributed by atoms with Gasteiger partial charge in [-0.05, 0) is 55.5 Å². The third kappa shape index (κ3) is 4.93. The summed E-state index contributed by atoms with van der Waals surface area (Å²) >= 11 is 0. The van der Waals surface area contributed by atoms with Gasteiger partial charge in [-0.25, -0.2) is 4.98 Å². The number of aromatic nitrogens is 2. The van der Waals surface area contributed by atoms with E-state index in [-0.39, 0.29) is 11.9 Å². The summed E-state index contributed by atoms with van der Waals surface area (Å²) in [7, 11) is 3.93. The number of anilines is 2. The molecule has 7 nitrogen and oxygen atoms in total. The molecule has 3 aromatic rings. The second-order valence-electron chi connectivity index (χ2n) is 8.39. The van der Waals surface area contributed by atoms with Crippen LogP contribution < -0.4 is 20.3 Å². The molecule has 0 spiro atoms. The standard InChI is InChI=1S/C25H31N5O2/c1-4-32-21-14-9-17-7-5-6-8-20(17)23(21)24(31)27-18-10-12-19(13-11-18)28-25-26-16-15-22(29-25)30(2)3/h5-9,14-16,18-19H,4,10-13H2,1-3H3,(H,27,31)(H,26,28,29). The van der Waals surface area contributed by atoms with Crippen molar-refractivity contribution in [2.75, 3.05) is 30.9 Å². The highest BCUT2D eigenvalue weighted by Gasteiger charge is 2.25. The highest BCUT2D eigenvalue weighted by Crippen LogP contribution is 2.29. The maximum absolute atomic E-state index is 13.3. The van der Waals surface area contributed by atoms with Gasteiger partial charge in [0.25, 0.3) is 5.91 Å². The fourth-order valence-corrected chi connectivity index (χ4v) is 4.25. The van der Waals surface area contributed by atoms with Gasteiger partial charge < -0.3 is 20.3 Å². The van der Waals surface area contributed by atoms with Gasteiger partial charge in [0.1, 0.15) is 11.6 Å². The Bertz CT molecular complexity index is 1080. The first-order valence-corrected chi connectivity index (χ1v) is 11.3. The fraction of sp³-hybridized carbons (Fsp3) is 0.400. The lowest BCUT2D eigenvalue weighted by Gasteiger charge is -2.30. The monoisotopic (exact) mass is 433 g/mol. The summed E-state index contributed by atoms with van der Waals surface area (Å²) in [5.74, 6) is 2.10. The lowest BCUT2D eigenvalue weighted by atomic mass is 9.91. The minimum atomic E-state index is -0.0660. The van der Waals surface area contributed by atoms with Gasteiger partial charge in [0.15, 0.2) is 0 Å². The summed E-state index contributed by atoms with van der Waals surface area (Å²) in [6.07, 6.45) is 5.50. The SMILES string of the molecule is CCOc1ccc2ccccc2c1C(=O)NC1CCC(Nc2nccc(N(C)C)n2)CC1. The summed E-state index contributed by atoms with van der Waals surface area (Å²) in [5, 5.41) is 8.66. The molecule has 1 heterocycles. The third-order valence-corrected chi connectivity index (χ3v) is 5.91. The van der Waals surface area contributed by atoms with Gasteiger partial charge in [0.2, 0.25) is 5.95 Å². The molecular weight excluding hydrogens is 402 g/mol. The predicted molar refractivity (Wildman–Crippen MR) is 129 cm³/mol. The number of benzene rings is 2. The molecule has 7 heteroatoms. The van der Waals surface area contributed by atoms with E-state index in [0.717, 1.165) is 42.3 Å². The molecule has 168 valence electrons. The Morgan fingerprint density at radius 2 is 1.81 bits per heavy atom. The van der Waals surface area contributed by atoms with Crippen LogP contribution in [0.25, 0.3) is 10.8 Å². The van der Waals surface area contributed by atoms with Crippen molar-refractivity contribution < 1.29 is 9.53 Å². The molecule has 0 radical (unpaired) electrons. The molecule has 1 aliphatic carbocycles. The van der Waals surface area contributed by atoms with Gasteiger partial charge in [-0.1, -0.05) is 30.3 Å². The molecule has 0 bridgehead atoms. The number of fused-ring (bicyclic) bond motifs is 1. The number of rotatable bonds is 7. The first-order valence-electron chi connectivity index (χ1n) is 11.3. The predicted octanol–water partition coefficient (Wildman–Crippen LogP) is 4.25. The lowest BCUT2D eigenvalue weighted by molar-refractivity contribution is 0.0924. The van der Waals surface area contributed by atoms with Crippen LogP contribution in [0.2, 0.25) is 0 Å². The Labute approximate surface area is 189 Å². The Balaban J connectivity index is 1.40. The summed E-state index contributed by atoms with van der Waals surface area (Å²) in [6, 6.07) is 14.2. The van der Waals surface area contributed by atoms with Crippen LogP contribution in [0, 0.1) is 0 Å². The van der Waals surface area contributed by atoms with E-state index in [1.165, 1.54) is 0 Å². The van der Waals surface area contributed by atoms with E-state index in [2.05, 4.69) is 20.6 Å². The lowest BCUT2D eigenvalue weighted by Crippen LogP contribution is -2.40. The van der Waals surface area contributed by atoms with E-state index in [1.807, 2.05) is 68.4 Å². The second-order valence-corrected chi connectivity index (χ2v) is 8.39. The minimum absolute atomic E-state index is 0.0660. The van der Waals surface area contributed by atoms with Crippen LogP contribution in [-0.4, -0.2) is 48.7 Å². The number of nitrogens with one attached hydrogen (secondary N) is 2. The van der Waals surface area contributed by atoms with Crippen LogP contribution in [0.4, 0.5) is 11.8 Å². The number of nitrogens with zero attached hydrogens (tertiary/aromatic N) is 3. The highest BCUT2D eigenvalue weighted by molar-refractivity contribution is 6.09. The summed E-state index contributed by atoms with van der Waals surface area (Å²) in [4.78, 5) is 24.1. The molecule has 0 unspecified atom stereocenters. The van der Waals surface area contributed by atoms with Gasteiger partial charge in [-0.3, -0.25) is 4.79 Å². The summed E-state index contributed by atoms with van der Waals surface area (Å²) < 4.78 is 5.78. The van der Waals surface area contributed by atoms with Crippen molar-refractivity contribution in [2.24, 2.45) is 0 Å². The quantitative estimate of drug-likeness (QED) is 0.580. The Morgan fingerprint density at radius 3 is 2.56 bits per heavy atom. The van der Waals surface area contributed by atoms with Crippen molar-refractivity contribution in [3.8, 4) is 5.75 Å². The van der Waals surface area contributed by atoms with E-state index < -0.39 is 0 Å². The summed E-state index contributed by atoms with van der Waals surface area (Å²) in [5.41, 5.74) is 0.624. The van der Waals surface area contributed by atoms with Crippen LogP contribution in [0.1, 0.15) is 43.0 Å². The van der Waals surface area contributed by atoms with Crippen molar-refractivity contribution in [2.45, 2.75) is 44.7 Å². The molecule has 0 saturated heterocycles. The van der Waals surface area contributed by atoms with Gasteiger partial charge in [-0.15, -0.1) is 0 Å². The zero-order chi connectivity index (χ0) is 22.5. The number of hydrogen-bond acceptors (Lipinski definition) is 6. The van der Waals surface area contributed by atoms with Crippen molar-refractivity contribution in [1.82, 2.24) is 15.3 Å². The van der Waals surface area contributed by atoms with Crippen molar-refractivity contribution >= 4 is 28.4 Å². The van der Waals surface area contributed by atoms with Crippen molar-refractivity contribution in [1.29, 1.82) is 0 Å². The molecule has 32 heavy (non-hydrogen) atoms. The topological polar surface area (TPSA) is 79.4 Å². The average molecular weight is 434 g/mol. The average Bonchev–Trinajstić information content (AvgIpc) is 2.80. The molecule has 1 aliphatic rings. The summed E-state index contributed by atoms with van der Waals surface area (Å²) in [6.45, 7) is 2.45. The zero-order valence-corrected chi connectivity index (χ0v) is 19.0. The number of carbonyl (C=O) groups is 1. The molecule has 0 aliphatic heterocycles. The number of carbonyl (C=O) groups excluding carboxylic acids is 1. The number of ether oxygens (including phenoxy) is 1. The van der Waals surface area contributed by atoms with Gasteiger partial charge in [0.05, 0.1) is 12.2 Å². The highest BCUT2D eigenvalue weighted by atomic mass is 16.5. The largest absolute Gasteiger partial charge is 0.493 e. The zero-order valence-electron chi connectivity index (χ0n) is 19.0. The molecule has 0 atom stereocenters. The molecule has 4 rings (SSSR count). The number of amides is 1. The van der Waals surface area contributed by atoms with Crippen LogP contribution in [-0.2, 0) is 0 Å². The molecular formula is C25H31N5O2. The third-order valence-electron chi connectivity index (χ3n) is 5.91. The van der Waals surface area contributed by atoms with E-state index in [0.29, 0.717) is 29.9 Å². The maximum atomic E-state index is 13.3. The van der Waals surface area contributed by atoms with E-state index >= 15 is 0 Å². The molecule has 2 aromatic carbocycles. The molecule has 1 aromatic heterocycles. The van der Waals surface area contributed by atoms with Gasteiger partial charge in [-0.2, -0.15) is 4.98 Å². The molecule has 1 saturated carbocycles. The minimum Gasteiger partial charge on any atom is -0.493 e. The van der Waals surface area contributed by atoms with Gasteiger partial charge in [0, 0.05) is 32.4 Å². The van der Waals surface area contributed by atoms with Crippen molar-refractivity contribution in [3.63, 3.8) is 0 Å². The van der Waals surface area contributed by atoms with Crippen LogP contribution >= 0.6 is 0 Å². The van der Waals surface area contributed by atoms with Crippen molar-refractivity contribution in [3.05, 3.63) is 54.2 Å². The van der Waals surface area contributed by atoms with Gasteiger partial charge >= 0.3 is 0 Å². The first kappa shape index (κ1) is 21.9. The molecule has 2 N–H and O–H groups in total. The smallest absolute Gasteiger partial charge is 0.255 e. The second kappa shape index (κ2) is 9.85. The Kier molecular flexibility index (Phi) is 6.73.